The topological polar surface area (TPSA) is 51.5 Å². The van der Waals surface area contributed by atoms with Crippen LogP contribution in [0.15, 0.2) is 55.1 Å². The second-order valence-corrected chi connectivity index (χ2v) is 6.20. The summed E-state index contributed by atoms with van der Waals surface area (Å²) in [6.45, 7) is 8.43. The Hall–Kier alpha value is -3.01. The van der Waals surface area contributed by atoms with Gasteiger partial charge in [-0.3, -0.25) is 0 Å². The lowest BCUT2D eigenvalue weighted by Gasteiger charge is -2.09. The molecule has 0 aliphatic rings. The van der Waals surface area contributed by atoms with Crippen molar-refractivity contribution in [1.29, 1.82) is 0 Å². The third kappa shape index (κ3) is 3.10. The van der Waals surface area contributed by atoms with Crippen LogP contribution in [0.3, 0.4) is 0 Å². The highest BCUT2D eigenvalue weighted by atomic mass is 16.5. The van der Waals surface area contributed by atoms with Crippen LogP contribution >= 0.6 is 0 Å². The summed E-state index contributed by atoms with van der Waals surface area (Å²) in [5.74, 6) is -0.197. The number of carbonyl (C=O) groups excluding carboxylic acids is 1. The Labute approximate surface area is 153 Å². The molecule has 0 amide bonds. The fraction of sp³-hybridized carbons (Fsp3) is 0.227. The fourth-order valence-electron chi connectivity index (χ4n) is 3.40. The highest BCUT2D eigenvalue weighted by Crippen LogP contribution is 2.35. The van der Waals surface area contributed by atoms with E-state index in [2.05, 4.69) is 23.3 Å². The van der Waals surface area contributed by atoms with Gasteiger partial charge in [-0.1, -0.05) is 36.4 Å². The summed E-state index contributed by atoms with van der Waals surface area (Å²) in [6, 6.07) is 13.6. The van der Waals surface area contributed by atoms with Crippen LogP contribution < -0.4 is 0 Å². The molecule has 0 saturated carbocycles. The van der Waals surface area contributed by atoms with E-state index in [0.717, 1.165) is 22.2 Å². The Kier molecular flexibility index (Phi) is 5.12. The summed E-state index contributed by atoms with van der Waals surface area (Å²) in [4.78, 5) is 12.7. The van der Waals surface area contributed by atoms with Crippen LogP contribution in [0, 0.1) is 6.92 Å². The minimum atomic E-state index is -0.363. The number of carbonyl (C=O) groups is 1. The Morgan fingerprint density at radius 3 is 2.62 bits per heavy atom. The maximum atomic E-state index is 12.7. The molecule has 2 aromatic carbocycles. The maximum absolute atomic E-state index is 12.7. The molecule has 134 valence electrons. The van der Waals surface area contributed by atoms with E-state index in [1.54, 1.807) is 19.1 Å². The van der Waals surface area contributed by atoms with E-state index in [9.17, 15) is 9.90 Å². The number of phenols is 1. The lowest BCUT2D eigenvalue weighted by atomic mass is 10.0. The SMILES string of the molecule is C=CCc1c(O)ccc2c1c(C(=O)OCC)c(C)n2Cc1ccccc1. The molecule has 4 nitrogen and oxygen atoms in total. The summed E-state index contributed by atoms with van der Waals surface area (Å²) in [6.07, 6.45) is 2.21. The molecular formula is C22H23NO3. The van der Waals surface area contributed by atoms with E-state index in [0.29, 0.717) is 30.7 Å². The number of fused-ring (bicyclic) bond motifs is 1. The number of phenolic OH excluding ortho intramolecular Hbond substituents is 1. The van der Waals surface area contributed by atoms with Crippen LogP contribution in [0.5, 0.6) is 5.75 Å². The molecule has 1 N–H and O–H groups in total. The number of esters is 1. The van der Waals surface area contributed by atoms with Crippen molar-refractivity contribution in [3.05, 3.63) is 77.5 Å². The average molecular weight is 349 g/mol. The molecule has 3 aromatic rings. The first kappa shape index (κ1) is 17.8. The number of nitrogens with zero attached hydrogens (tertiary/aromatic N) is 1. The zero-order valence-electron chi connectivity index (χ0n) is 15.2. The molecule has 0 bridgehead atoms. The summed E-state index contributed by atoms with van der Waals surface area (Å²) in [5, 5.41) is 11.1. The van der Waals surface area contributed by atoms with E-state index >= 15 is 0 Å². The second kappa shape index (κ2) is 7.48. The van der Waals surface area contributed by atoms with Gasteiger partial charge in [-0.25, -0.2) is 4.79 Å². The smallest absolute Gasteiger partial charge is 0.340 e. The molecule has 0 unspecified atom stereocenters. The van der Waals surface area contributed by atoms with Crippen LogP contribution in [0.4, 0.5) is 0 Å². The van der Waals surface area contributed by atoms with E-state index in [4.69, 9.17) is 4.74 Å². The van der Waals surface area contributed by atoms with Gasteiger partial charge in [0.25, 0.3) is 0 Å². The summed E-state index contributed by atoms with van der Waals surface area (Å²) < 4.78 is 7.39. The molecule has 3 rings (SSSR count). The van der Waals surface area contributed by atoms with Gasteiger partial charge in [-0.2, -0.15) is 0 Å². The first-order valence-corrected chi connectivity index (χ1v) is 8.74. The van der Waals surface area contributed by atoms with E-state index in [1.165, 1.54) is 0 Å². The van der Waals surface area contributed by atoms with Crippen molar-refractivity contribution < 1.29 is 14.6 Å². The Balaban J connectivity index is 2.28. The van der Waals surface area contributed by atoms with Gasteiger partial charge in [0.2, 0.25) is 0 Å². The third-order valence-corrected chi connectivity index (χ3v) is 4.59. The van der Waals surface area contributed by atoms with E-state index in [-0.39, 0.29) is 11.7 Å². The third-order valence-electron chi connectivity index (χ3n) is 4.59. The minimum Gasteiger partial charge on any atom is -0.508 e. The summed E-state index contributed by atoms with van der Waals surface area (Å²) in [7, 11) is 0. The fourth-order valence-corrected chi connectivity index (χ4v) is 3.40. The molecule has 0 spiro atoms. The number of aromatic nitrogens is 1. The van der Waals surface area contributed by atoms with Gasteiger partial charge in [-0.05, 0) is 38.0 Å². The van der Waals surface area contributed by atoms with Gasteiger partial charge in [-0.15, -0.1) is 6.58 Å². The van der Waals surface area contributed by atoms with Crippen LogP contribution in [-0.4, -0.2) is 22.2 Å². The van der Waals surface area contributed by atoms with Gasteiger partial charge in [0, 0.05) is 28.7 Å². The first-order valence-electron chi connectivity index (χ1n) is 8.74. The van der Waals surface area contributed by atoms with Crippen molar-refractivity contribution in [3.8, 4) is 5.75 Å². The number of ether oxygens (including phenoxy) is 1. The predicted octanol–water partition coefficient (Wildman–Crippen LogP) is 4.61. The van der Waals surface area contributed by atoms with Crippen LogP contribution in [0.1, 0.15) is 34.1 Å². The van der Waals surface area contributed by atoms with Crippen LogP contribution in [-0.2, 0) is 17.7 Å². The lowest BCUT2D eigenvalue weighted by Crippen LogP contribution is -2.08. The average Bonchev–Trinajstić information content (AvgIpc) is 2.91. The van der Waals surface area contributed by atoms with Crippen molar-refractivity contribution in [2.75, 3.05) is 6.61 Å². The van der Waals surface area contributed by atoms with Crippen molar-refractivity contribution >= 4 is 16.9 Å². The lowest BCUT2D eigenvalue weighted by molar-refractivity contribution is 0.0527. The summed E-state index contributed by atoms with van der Waals surface area (Å²) in [5.41, 5.74) is 4.10. The molecule has 26 heavy (non-hydrogen) atoms. The molecular weight excluding hydrogens is 326 g/mol. The predicted molar refractivity (Wildman–Crippen MR) is 104 cm³/mol. The zero-order valence-corrected chi connectivity index (χ0v) is 15.2. The summed E-state index contributed by atoms with van der Waals surface area (Å²) >= 11 is 0. The molecule has 1 aromatic heterocycles. The molecule has 0 fully saturated rings. The van der Waals surface area contributed by atoms with Crippen molar-refractivity contribution in [1.82, 2.24) is 4.57 Å². The zero-order chi connectivity index (χ0) is 18.7. The second-order valence-electron chi connectivity index (χ2n) is 6.20. The number of hydrogen-bond acceptors (Lipinski definition) is 3. The number of aromatic hydroxyl groups is 1. The Morgan fingerprint density at radius 1 is 1.23 bits per heavy atom. The highest BCUT2D eigenvalue weighted by molar-refractivity contribution is 6.08. The Morgan fingerprint density at radius 2 is 1.96 bits per heavy atom. The number of rotatable bonds is 6. The molecule has 0 atom stereocenters. The largest absolute Gasteiger partial charge is 0.508 e. The van der Waals surface area contributed by atoms with E-state index < -0.39 is 0 Å². The van der Waals surface area contributed by atoms with Gasteiger partial charge >= 0.3 is 5.97 Å². The highest BCUT2D eigenvalue weighted by Gasteiger charge is 2.24. The van der Waals surface area contributed by atoms with Gasteiger partial charge in [0.05, 0.1) is 12.2 Å². The number of hydrogen-bond donors (Lipinski definition) is 1. The molecule has 0 aliphatic carbocycles. The quantitative estimate of drug-likeness (QED) is 0.522. The molecule has 0 radical (unpaired) electrons. The number of allylic oxidation sites excluding steroid dienone is 1. The molecule has 0 saturated heterocycles. The van der Waals surface area contributed by atoms with Crippen molar-refractivity contribution in [3.63, 3.8) is 0 Å². The standard InChI is InChI=1S/C22H23NO3/c1-4-9-17-19(24)13-12-18-21(17)20(22(25)26-5-2)15(3)23(18)14-16-10-7-6-8-11-16/h4,6-8,10-13,24H,1,5,9,14H2,2-3H3. The Bertz CT molecular complexity index is 955. The molecule has 0 aliphatic heterocycles. The number of benzene rings is 2. The normalized spacial score (nSPS) is 10.8. The van der Waals surface area contributed by atoms with Crippen LogP contribution in [0.25, 0.3) is 10.9 Å². The van der Waals surface area contributed by atoms with Crippen molar-refractivity contribution in [2.45, 2.75) is 26.8 Å². The van der Waals surface area contributed by atoms with Gasteiger partial charge in [0.15, 0.2) is 0 Å². The van der Waals surface area contributed by atoms with E-state index in [1.807, 2.05) is 31.2 Å². The van der Waals surface area contributed by atoms with Crippen molar-refractivity contribution in [2.24, 2.45) is 0 Å². The molecule has 1 heterocycles. The van der Waals surface area contributed by atoms with Crippen LogP contribution in [0.2, 0.25) is 0 Å². The monoisotopic (exact) mass is 349 g/mol. The maximum Gasteiger partial charge on any atom is 0.340 e. The molecule has 4 heteroatoms. The van der Waals surface area contributed by atoms with Gasteiger partial charge < -0.3 is 14.4 Å². The van der Waals surface area contributed by atoms with Gasteiger partial charge in [0.1, 0.15) is 5.75 Å². The minimum absolute atomic E-state index is 0.166. The first-order chi connectivity index (χ1) is 12.6.